The number of esters is 1. The second-order valence-electron chi connectivity index (χ2n) is 9.96. The summed E-state index contributed by atoms with van der Waals surface area (Å²) in [5.74, 6) is -0.947. The standard InChI is InChI=1S/C35H52N2O6/c1-4-6-7-8-9-10-11-12-13-14-15-16-17-18-19-20-21-22-26-42-33(5-2)31(36)25-27-43-35(40)37-29-23-24-32(38)30(28-29)34(39)41-3/h6-7,9-10,12-13,15-16,18-19,23-24,28,31,33,38H,4-5,8,11,14,17,20-22,25-27,36H2,1-3H3,(H,37,40)/b7-6-,10-9-,13-12-,16-15-,19-18-. The number of amides is 1. The average Bonchev–Trinajstić information content (AvgIpc) is 3.00. The quantitative estimate of drug-likeness (QED) is 0.0534. The van der Waals surface area contributed by atoms with E-state index < -0.39 is 12.1 Å². The largest absolute Gasteiger partial charge is 0.507 e. The molecule has 0 bridgehead atoms. The van der Waals surface area contributed by atoms with Gasteiger partial charge in [0.15, 0.2) is 0 Å². The highest BCUT2D eigenvalue weighted by atomic mass is 16.5. The van der Waals surface area contributed by atoms with E-state index in [2.05, 4.69) is 77.7 Å². The Kier molecular flexibility index (Phi) is 21.7. The van der Waals surface area contributed by atoms with Crippen LogP contribution in [-0.4, -0.2) is 49.6 Å². The zero-order valence-electron chi connectivity index (χ0n) is 26.2. The van der Waals surface area contributed by atoms with Crippen LogP contribution in [0.5, 0.6) is 5.75 Å². The van der Waals surface area contributed by atoms with Gasteiger partial charge in [-0.2, -0.15) is 0 Å². The molecule has 1 aromatic carbocycles. The Morgan fingerprint density at radius 3 is 2.07 bits per heavy atom. The summed E-state index contributed by atoms with van der Waals surface area (Å²) < 4.78 is 15.8. The maximum Gasteiger partial charge on any atom is 0.411 e. The predicted molar refractivity (Wildman–Crippen MR) is 175 cm³/mol. The second kappa shape index (κ2) is 24.9. The van der Waals surface area contributed by atoms with Gasteiger partial charge in [-0.3, -0.25) is 5.32 Å². The molecule has 0 spiro atoms. The van der Waals surface area contributed by atoms with Gasteiger partial charge in [0.25, 0.3) is 0 Å². The lowest BCUT2D eigenvalue weighted by atomic mass is 10.1. The first kappa shape index (κ1) is 37.4. The third kappa shape index (κ3) is 18.5. The Labute approximate surface area is 258 Å². The number of rotatable bonds is 22. The van der Waals surface area contributed by atoms with E-state index in [9.17, 15) is 14.7 Å². The van der Waals surface area contributed by atoms with E-state index in [1.165, 1.54) is 25.3 Å². The van der Waals surface area contributed by atoms with Crippen LogP contribution in [0.3, 0.4) is 0 Å². The molecule has 43 heavy (non-hydrogen) atoms. The zero-order valence-corrected chi connectivity index (χ0v) is 26.2. The van der Waals surface area contributed by atoms with E-state index in [0.29, 0.717) is 18.7 Å². The summed E-state index contributed by atoms with van der Waals surface area (Å²) in [6, 6.07) is 3.81. The number of phenols is 1. The van der Waals surface area contributed by atoms with Crippen LogP contribution in [-0.2, 0) is 14.2 Å². The number of aromatic hydroxyl groups is 1. The maximum atomic E-state index is 12.1. The Hall–Kier alpha value is -3.62. The minimum absolute atomic E-state index is 0.0527. The number of anilines is 1. The molecule has 0 saturated heterocycles. The van der Waals surface area contributed by atoms with Crippen LogP contribution in [0.4, 0.5) is 10.5 Å². The van der Waals surface area contributed by atoms with Crippen molar-refractivity contribution < 1.29 is 28.9 Å². The van der Waals surface area contributed by atoms with Gasteiger partial charge in [0.1, 0.15) is 11.3 Å². The number of unbranched alkanes of at least 4 members (excludes halogenated alkanes) is 2. The lowest BCUT2D eigenvalue weighted by Gasteiger charge is -2.23. The number of hydrogen-bond acceptors (Lipinski definition) is 7. The molecule has 4 N–H and O–H groups in total. The van der Waals surface area contributed by atoms with Gasteiger partial charge in [-0.15, -0.1) is 0 Å². The van der Waals surface area contributed by atoms with E-state index in [1.807, 2.05) is 6.92 Å². The monoisotopic (exact) mass is 596 g/mol. The van der Waals surface area contributed by atoms with Crippen LogP contribution in [0, 0.1) is 0 Å². The summed E-state index contributed by atoms with van der Waals surface area (Å²) in [6.45, 7) is 4.94. The molecule has 0 aromatic heterocycles. The summed E-state index contributed by atoms with van der Waals surface area (Å²) in [6.07, 6.45) is 30.5. The lowest BCUT2D eigenvalue weighted by Crippen LogP contribution is -2.38. The summed E-state index contributed by atoms with van der Waals surface area (Å²) in [5, 5.41) is 12.3. The summed E-state index contributed by atoms with van der Waals surface area (Å²) in [7, 11) is 1.21. The highest BCUT2D eigenvalue weighted by molar-refractivity contribution is 5.95. The molecule has 1 aromatic rings. The van der Waals surface area contributed by atoms with Crippen molar-refractivity contribution in [3.8, 4) is 5.75 Å². The second-order valence-corrected chi connectivity index (χ2v) is 9.96. The van der Waals surface area contributed by atoms with E-state index >= 15 is 0 Å². The molecule has 1 rings (SSSR count). The maximum absolute atomic E-state index is 12.1. The smallest absolute Gasteiger partial charge is 0.411 e. The predicted octanol–water partition coefficient (Wildman–Crippen LogP) is 8.16. The minimum atomic E-state index is -0.708. The number of benzene rings is 1. The van der Waals surface area contributed by atoms with Crippen molar-refractivity contribution in [1.29, 1.82) is 0 Å². The Morgan fingerprint density at radius 1 is 0.884 bits per heavy atom. The van der Waals surface area contributed by atoms with Crippen LogP contribution in [0.25, 0.3) is 0 Å². The van der Waals surface area contributed by atoms with Gasteiger partial charge in [-0.05, 0) is 82.4 Å². The first-order valence-corrected chi connectivity index (χ1v) is 15.4. The fourth-order valence-electron chi connectivity index (χ4n) is 4.03. The summed E-state index contributed by atoms with van der Waals surface area (Å²) in [5.41, 5.74) is 6.54. The topological polar surface area (TPSA) is 120 Å². The molecule has 1 amide bonds. The van der Waals surface area contributed by atoms with Crippen LogP contribution in [0.15, 0.2) is 79.0 Å². The van der Waals surface area contributed by atoms with Crippen molar-refractivity contribution in [3.05, 3.63) is 84.5 Å². The number of carbonyl (C=O) groups excluding carboxylic acids is 2. The number of hydrogen-bond donors (Lipinski definition) is 3. The average molecular weight is 597 g/mol. The molecule has 0 heterocycles. The van der Waals surface area contributed by atoms with Crippen molar-refractivity contribution >= 4 is 17.7 Å². The summed E-state index contributed by atoms with van der Waals surface area (Å²) in [4.78, 5) is 23.8. The van der Waals surface area contributed by atoms with Gasteiger partial charge in [0, 0.05) is 18.3 Å². The molecule has 8 nitrogen and oxygen atoms in total. The Morgan fingerprint density at radius 2 is 1.49 bits per heavy atom. The molecule has 2 atom stereocenters. The molecule has 0 aliphatic carbocycles. The Bertz CT molecular complexity index is 1060. The number of nitrogens with one attached hydrogen (secondary N) is 1. The number of ether oxygens (including phenoxy) is 3. The minimum Gasteiger partial charge on any atom is -0.507 e. The van der Waals surface area contributed by atoms with Gasteiger partial charge < -0.3 is 25.1 Å². The normalized spacial score (nSPS) is 13.5. The van der Waals surface area contributed by atoms with Gasteiger partial charge >= 0.3 is 12.1 Å². The fraction of sp³-hybridized carbons (Fsp3) is 0.486. The van der Waals surface area contributed by atoms with Crippen LogP contribution in [0.2, 0.25) is 0 Å². The van der Waals surface area contributed by atoms with E-state index in [1.54, 1.807) is 0 Å². The first-order chi connectivity index (χ1) is 20.9. The molecule has 0 aliphatic rings. The van der Waals surface area contributed by atoms with E-state index in [0.717, 1.165) is 57.8 Å². The molecule has 0 radical (unpaired) electrons. The highest BCUT2D eigenvalue weighted by Crippen LogP contribution is 2.22. The molecule has 0 saturated carbocycles. The number of carbonyl (C=O) groups is 2. The lowest BCUT2D eigenvalue weighted by molar-refractivity contribution is 0.0248. The molecule has 2 unspecified atom stereocenters. The highest BCUT2D eigenvalue weighted by Gasteiger charge is 2.18. The van der Waals surface area contributed by atoms with E-state index in [-0.39, 0.29) is 30.1 Å². The molecule has 8 heteroatoms. The van der Waals surface area contributed by atoms with Crippen LogP contribution >= 0.6 is 0 Å². The van der Waals surface area contributed by atoms with Crippen LogP contribution in [0.1, 0.15) is 88.4 Å². The van der Waals surface area contributed by atoms with Gasteiger partial charge in [-0.1, -0.05) is 74.6 Å². The number of allylic oxidation sites excluding steroid dienone is 10. The third-order valence-corrected chi connectivity index (χ3v) is 6.47. The van der Waals surface area contributed by atoms with Crippen molar-refractivity contribution in [2.45, 2.75) is 90.2 Å². The van der Waals surface area contributed by atoms with Crippen molar-refractivity contribution in [2.24, 2.45) is 5.73 Å². The zero-order chi connectivity index (χ0) is 31.5. The molecule has 238 valence electrons. The van der Waals surface area contributed by atoms with Crippen molar-refractivity contribution in [3.63, 3.8) is 0 Å². The molecular formula is C35H52N2O6. The van der Waals surface area contributed by atoms with Crippen molar-refractivity contribution in [1.82, 2.24) is 0 Å². The molecular weight excluding hydrogens is 544 g/mol. The molecule has 0 aliphatic heterocycles. The van der Waals surface area contributed by atoms with Crippen molar-refractivity contribution in [2.75, 3.05) is 25.6 Å². The summed E-state index contributed by atoms with van der Waals surface area (Å²) >= 11 is 0. The fourth-order valence-corrected chi connectivity index (χ4v) is 4.03. The first-order valence-electron chi connectivity index (χ1n) is 15.4. The van der Waals surface area contributed by atoms with Crippen LogP contribution < -0.4 is 11.1 Å². The number of phenolic OH excluding ortho intramolecular Hbond substituents is 1. The molecule has 0 fully saturated rings. The number of methoxy groups -OCH3 is 1. The third-order valence-electron chi connectivity index (χ3n) is 6.47. The van der Waals surface area contributed by atoms with E-state index in [4.69, 9.17) is 15.2 Å². The SMILES string of the molecule is CC/C=C\C/C=C\C/C=C\C/C=C\C/C=C\CCCCOC(CC)C(N)CCOC(=O)Nc1ccc(O)c(C(=O)OC)c1. The van der Waals surface area contributed by atoms with Gasteiger partial charge in [-0.25, -0.2) is 9.59 Å². The number of nitrogens with two attached hydrogens (primary N) is 1. The van der Waals surface area contributed by atoms with Gasteiger partial charge in [0.05, 0.1) is 19.8 Å². The Balaban J connectivity index is 2.14. The van der Waals surface area contributed by atoms with Gasteiger partial charge in [0.2, 0.25) is 0 Å².